The van der Waals surface area contributed by atoms with Crippen molar-refractivity contribution < 1.29 is 14.7 Å². The summed E-state index contributed by atoms with van der Waals surface area (Å²) in [6.45, 7) is 1.33. The molecule has 1 atom stereocenters. The lowest BCUT2D eigenvalue weighted by Gasteiger charge is -2.24. The van der Waals surface area contributed by atoms with E-state index in [9.17, 15) is 14.7 Å². The Morgan fingerprint density at radius 1 is 1.36 bits per heavy atom. The molecule has 0 spiro atoms. The van der Waals surface area contributed by atoms with Crippen LogP contribution in [0.2, 0.25) is 5.02 Å². The fraction of sp³-hybridized carbons (Fsp3) is 0.133. The molecule has 1 aromatic carbocycles. The van der Waals surface area contributed by atoms with Gasteiger partial charge in [-0.15, -0.1) is 11.3 Å². The van der Waals surface area contributed by atoms with E-state index in [2.05, 4.69) is 4.98 Å². The number of hydrogen-bond donors (Lipinski definition) is 1. The molecule has 1 aliphatic rings. The molecule has 2 heterocycles. The second-order valence-corrected chi connectivity index (χ2v) is 6.07. The van der Waals surface area contributed by atoms with Gasteiger partial charge in [0.1, 0.15) is 0 Å². The summed E-state index contributed by atoms with van der Waals surface area (Å²) in [6, 6.07) is 6.10. The fourth-order valence-corrected chi connectivity index (χ4v) is 3.25. The van der Waals surface area contributed by atoms with Gasteiger partial charge in [0, 0.05) is 16.6 Å². The van der Waals surface area contributed by atoms with Crippen molar-refractivity contribution in [3.05, 3.63) is 57.8 Å². The van der Waals surface area contributed by atoms with E-state index >= 15 is 0 Å². The predicted octanol–water partition coefficient (Wildman–Crippen LogP) is 3.29. The Morgan fingerprint density at radius 2 is 2.05 bits per heavy atom. The van der Waals surface area contributed by atoms with Crippen molar-refractivity contribution in [3.63, 3.8) is 0 Å². The Balaban J connectivity index is 2.16. The number of hydrogen-bond acceptors (Lipinski definition) is 5. The zero-order valence-electron chi connectivity index (χ0n) is 11.5. The normalized spacial score (nSPS) is 18.2. The minimum Gasteiger partial charge on any atom is -0.503 e. The molecule has 0 saturated heterocycles. The molecule has 0 fully saturated rings. The second kappa shape index (κ2) is 5.55. The van der Waals surface area contributed by atoms with E-state index in [-0.39, 0.29) is 11.4 Å². The fourth-order valence-electron chi connectivity index (χ4n) is 2.46. The maximum absolute atomic E-state index is 12.4. The van der Waals surface area contributed by atoms with Crippen LogP contribution >= 0.6 is 22.9 Å². The maximum atomic E-state index is 12.4. The summed E-state index contributed by atoms with van der Waals surface area (Å²) in [7, 11) is 0. The number of nitrogens with zero attached hydrogens (tertiary/aromatic N) is 2. The van der Waals surface area contributed by atoms with Crippen LogP contribution in [0.1, 0.15) is 18.5 Å². The highest BCUT2D eigenvalue weighted by atomic mass is 35.5. The highest BCUT2D eigenvalue weighted by Gasteiger charge is 2.44. The zero-order valence-corrected chi connectivity index (χ0v) is 13.1. The second-order valence-electron chi connectivity index (χ2n) is 4.76. The molecule has 0 saturated carbocycles. The van der Waals surface area contributed by atoms with Crippen molar-refractivity contribution in [2.45, 2.75) is 13.0 Å². The Labute approximate surface area is 135 Å². The van der Waals surface area contributed by atoms with Crippen LogP contribution in [-0.2, 0) is 9.59 Å². The Hall–Kier alpha value is -2.18. The van der Waals surface area contributed by atoms with Crippen LogP contribution < -0.4 is 4.90 Å². The van der Waals surface area contributed by atoms with Gasteiger partial charge in [-0.1, -0.05) is 23.7 Å². The molecule has 0 unspecified atom stereocenters. The number of aromatic nitrogens is 1. The lowest BCUT2D eigenvalue weighted by atomic mass is 9.97. The molecule has 0 bridgehead atoms. The van der Waals surface area contributed by atoms with E-state index in [0.29, 0.717) is 15.7 Å². The summed E-state index contributed by atoms with van der Waals surface area (Å²) in [6.07, 6.45) is 1.56. The monoisotopic (exact) mass is 334 g/mol. The number of carbonyl (C=O) groups excluding carboxylic acids is 2. The number of halogens is 1. The molecule has 112 valence electrons. The van der Waals surface area contributed by atoms with Crippen molar-refractivity contribution in [3.8, 4) is 0 Å². The molecular formula is C15H11ClN2O3S. The van der Waals surface area contributed by atoms with Gasteiger partial charge in [-0.25, -0.2) is 4.98 Å². The third-order valence-corrected chi connectivity index (χ3v) is 4.42. The van der Waals surface area contributed by atoms with Crippen LogP contribution in [0.4, 0.5) is 5.13 Å². The van der Waals surface area contributed by atoms with Crippen LogP contribution in [0.25, 0.3) is 0 Å². The van der Waals surface area contributed by atoms with Gasteiger partial charge >= 0.3 is 0 Å². The van der Waals surface area contributed by atoms with Gasteiger partial charge in [0.05, 0.1) is 11.6 Å². The molecule has 5 nitrogen and oxygen atoms in total. The van der Waals surface area contributed by atoms with Gasteiger partial charge in [0.25, 0.3) is 5.91 Å². The van der Waals surface area contributed by atoms with E-state index in [1.165, 1.54) is 23.2 Å². The highest BCUT2D eigenvalue weighted by molar-refractivity contribution is 7.13. The van der Waals surface area contributed by atoms with E-state index in [1.807, 2.05) is 0 Å². The van der Waals surface area contributed by atoms with Gasteiger partial charge in [0.2, 0.25) is 0 Å². The first-order chi connectivity index (χ1) is 10.5. The summed E-state index contributed by atoms with van der Waals surface area (Å²) < 4.78 is 0. The minimum atomic E-state index is -0.701. The number of thiazole rings is 1. The molecule has 0 radical (unpaired) electrons. The van der Waals surface area contributed by atoms with Crippen LogP contribution in [0, 0.1) is 0 Å². The van der Waals surface area contributed by atoms with Gasteiger partial charge in [0.15, 0.2) is 16.7 Å². The van der Waals surface area contributed by atoms with Gasteiger partial charge in [-0.05, 0) is 24.6 Å². The van der Waals surface area contributed by atoms with E-state index in [4.69, 9.17) is 11.6 Å². The van der Waals surface area contributed by atoms with Crippen molar-refractivity contribution in [2.24, 2.45) is 0 Å². The standard InChI is InChI=1S/C15H11ClN2O3S/c1-8(19)11-12(9-2-4-10(16)5-3-9)18(14(21)13(11)20)15-17-6-7-22-15/h2-7,12,20H,1H3/t12-/m0/s1. The summed E-state index contributed by atoms with van der Waals surface area (Å²) >= 11 is 7.15. The van der Waals surface area contributed by atoms with Gasteiger partial charge in [-0.2, -0.15) is 0 Å². The number of aliphatic hydroxyl groups is 1. The molecule has 1 aromatic heterocycles. The first-order valence-electron chi connectivity index (χ1n) is 6.43. The van der Waals surface area contributed by atoms with E-state index in [0.717, 1.165) is 0 Å². The molecule has 1 aliphatic heterocycles. The van der Waals surface area contributed by atoms with Crippen molar-refractivity contribution in [1.29, 1.82) is 0 Å². The average Bonchev–Trinajstić information content (AvgIpc) is 3.08. The summed E-state index contributed by atoms with van der Waals surface area (Å²) in [5.41, 5.74) is 0.754. The first kappa shape index (κ1) is 14.7. The molecule has 2 aromatic rings. The smallest absolute Gasteiger partial charge is 0.296 e. The number of carbonyl (C=O) groups is 2. The maximum Gasteiger partial charge on any atom is 0.296 e. The summed E-state index contributed by atoms with van der Waals surface area (Å²) in [5.74, 6) is -1.51. The lowest BCUT2D eigenvalue weighted by Crippen LogP contribution is -2.30. The molecule has 22 heavy (non-hydrogen) atoms. The van der Waals surface area contributed by atoms with E-state index < -0.39 is 17.7 Å². The number of rotatable bonds is 3. The number of anilines is 1. The van der Waals surface area contributed by atoms with Gasteiger partial charge < -0.3 is 5.11 Å². The van der Waals surface area contributed by atoms with Crippen LogP contribution in [0.3, 0.4) is 0 Å². The SMILES string of the molecule is CC(=O)C1=C(O)C(=O)N(c2nccs2)[C@H]1c1ccc(Cl)cc1. The number of Topliss-reactive ketones (excluding diaryl/α,β-unsaturated/α-hetero) is 1. The van der Waals surface area contributed by atoms with Crippen molar-refractivity contribution in [2.75, 3.05) is 4.90 Å². The minimum absolute atomic E-state index is 0.0718. The molecule has 0 aliphatic carbocycles. The third-order valence-electron chi connectivity index (χ3n) is 3.40. The number of ketones is 1. The van der Waals surface area contributed by atoms with Crippen LogP contribution in [0.5, 0.6) is 0 Å². The molecule has 7 heteroatoms. The predicted molar refractivity (Wildman–Crippen MR) is 84.1 cm³/mol. The largest absolute Gasteiger partial charge is 0.503 e. The van der Waals surface area contributed by atoms with Gasteiger partial charge in [-0.3, -0.25) is 14.5 Å². The Morgan fingerprint density at radius 3 is 2.59 bits per heavy atom. The highest BCUT2D eigenvalue weighted by Crippen LogP contribution is 2.41. The molecule has 1 N–H and O–H groups in total. The molecule has 3 rings (SSSR count). The number of aliphatic hydroxyl groups excluding tert-OH is 1. The number of benzene rings is 1. The molecular weight excluding hydrogens is 324 g/mol. The topological polar surface area (TPSA) is 70.5 Å². The lowest BCUT2D eigenvalue weighted by molar-refractivity contribution is -0.117. The first-order valence-corrected chi connectivity index (χ1v) is 7.69. The van der Waals surface area contributed by atoms with E-state index in [1.54, 1.807) is 35.8 Å². The Kier molecular flexibility index (Phi) is 3.72. The number of amides is 1. The average molecular weight is 335 g/mol. The summed E-state index contributed by atoms with van der Waals surface area (Å²) in [4.78, 5) is 29.8. The van der Waals surface area contributed by atoms with Crippen molar-refractivity contribution >= 4 is 39.8 Å². The quantitative estimate of drug-likeness (QED) is 0.935. The van der Waals surface area contributed by atoms with Crippen molar-refractivity contribution in [1.82, 2.24) is 4.98 Å². The summed E-state index contributed by atoms with van der Waals surface area (Å²) in [5, 5.41) is 12.8. The van der Waals surface area contributed by atoms with Crippen LogP contribution in [0.15, 0.2) is 47.2 Å². The third kappa shape index (κ3) is 2.30. The molecule has 1 amide bonds. The zero-order chi connectivity index (χ0) is 15.9. The Bertz CT molecular complexity index is 769. The van der Waals surface area contributed by atoms with Crippen LogP contribution in [-0.4, -0.2) is 21.8 Å².